The molecule has 0 saturated carbocycles. The first-order valence-electron chi connectivity index (χ1n) is 14.5. The van der Waals surface area contributed by atoms with Crippen LogP contribution in [-0.2, 0) is 11.3 Å². The summed E-state index contributed by atoms with van der Waals surface area (Å²) < 4.78 is 21.8. The first-order valence-corrected chi connectivity index (χ1v) is 14.5. The average Bonchev–Trinajstić information content (AvgIpc) is 3.04. The highest BCUT2D eigenvalue weighted by Gasteiger charge is 2.20. The van der Waals surface area contributed by atoms with Gasteiger partial charge in [-0.3, -0.25) is 14.6 Å². The van der Waals surface area contributed by atoms with Gasteiger partial charge in [0.1, 0.15) is 17.2 Å². The van der Waals surface area contributed by atoms with Gasteiger partial charge in [-0.05, 0) is 61.1 Å². The number of carbonyl (C=O) groups is 1. The van der Waals surface area contributed by atoms with E-state index >= 15 is 0 Å². The molecule has 0 unspecified atom stereocenters. The van der Waals surface area contributed by atoms with Gasteiger partial charge in [-0.1, -0.05) is 42.0 Å². The second-order valence-corrected chi connectivity index (χ2v) is 11.1. The number of hydrogen-bond donors (Lipinski definition) is 2. The fourth-order valence-corrected chi connectivity index (χ4v) is 5.46. The topological polar surface area (TPSA) is 112 Å². The zero-order valence-electron chi connectivity index (χ0n) is 24.3. The highest BCUT2D eigenvalue weighted by molar-refractivity contribution is 6.04. The molecule has 0 bridgehead atoms. The molecular formula is C35H32FN5O3. The second kappa shape index (κ2) is 12.6. The zero-order chi connectivity index (χ0) is 30.6. The molecule has 5 aromatic rings. The molecule has 1 amide bonds. The Morgan fingerprint density at radius 3 is 2.39 bits per heavy atom. The fourth-order valence-electron chi connectivity index (χ4n) is 5.46. The minimum absolute atomic E-state index is 0.0692. The van der Waals surface area contributed by atoms with Crippen LogP contribution in [0.2, 0.25) is 0 Å². The number of pyridine rings is 3. The Bertz CT molecular complexity index is 1860. The van der Waals surface area contributed by atoms with Crippen molar-refractivity contribution >= 4 is 17.4 Å². The monoisotopic (exact) mass is 589 g/mol. The summed E-state index contributed by atoms with van der Waals surface area (Å²) in [6, 6.07) is 18.1. The van der Waals surface area contributed by atoms with Crippen LogP contribution >= 0.6 is 0 Å². The van der Waals surface area contributed by atoms with E-state index in [9.17, 15) is 14.0 Å². The Morgan fingerprint density at radius 2 is 1.66 bits per heavy atom. The van der Waals surface area contributed by atoms with Crippen molar-refractivity contribution in [1.29, 1.82) is 0 Å². The lowest BCUT2D eigenvalue weighted by molar-refractivity contribution is 0.0612. The van der Waals surface area contributed by atoms with Gasteiger partial charge in [0.15, 0.2) is 0 Å². The number of anilines is 2. The van der Waals surface area contributed by atoms with Crippen molar-refractivity contribution in [1.82, 2.24) is 14.5 Å². The number of amides is 1. The molecule has 9 heteroatoms. The summed E-state index contributed by atoms with van der Waals surface area (Å²) in [5.74, 6) is -0.260. The molecule has 1 fully saturated rings. The number of carbonyl (C=O) groups excluding carboxylic acids is 1. The van der Waals surface area contributed by atoms with E-state index in [1.807, 2.05) is 42.0 Å². The van der Waals surface area contributed by atoms with Crippen LogP contribution in [0.1, 0.15) is 28.8 Å². The van der Waals surface area contributed by atoms with Crippen molar-refractivity contribution in [2.45, 2.75) is 26.3 Å². The molecule has 8 nitrogen and oxygen atoms in total. The van der Waals surface area contributed by atoms with E-state index in [1.165, 1.54) is 12.4 Å². The van der Waals surface area contributed by atoms with Crippen LogP contribution in [0.15, 0.2) is 96.4 Å². The Hall–Kier alpha value is -5.15. The van der Waals surface area contributed by atoms with Gasteiger partial charge < -0.3 is 20.4 Å². The molecule has 2 aromatic carbocycles. The summed E-state index contributed by atoms with van der Waals surface area (Å²) >= 11 is 0. The highest BCUT2D eigenvalue weighted by Crippen LogP contribution is 2.31. The lowest BCUT2D eigenvalue weighted by atomic mass is 9.99. The summed E-state index contributed by atoms with van der Waals surface area (Å²) in [5, 5.41) is 2.88. The number of benzene rings is 2. The van der Waals surface area contributed by atoms with E-state index in [0.717, 1.165) is 35.7 Å². The molecule has 44 heavy (non-hydrogen) atoms. The van der Waals surface area contributed by atoms with Crippen LogP contribution in [-0.4, -0.2) is 33.7 Å². The fraction of sp³-hybridized carbons (Fsp3) is 0.200. The maximum Gasteiger partial charge on any atom is 0.261 e. The molecule has 0 aliphatic carbocycles. The predicted octanol–water partition coefficient (Wildman–Crippen LogP) is 6.35. The smallest absolute Gasteiger partial charge is 0.261 e. The minimum atomic E-state index is -0.492. The molecule has 1 aliphatic heterocycles. The van der Waals surface area contributed by atoms with Crippen LogP contribution < -0.4 is 16.5 Å². The molecule has 0 radical (unpaired) electrons. The van der Waals surface area contributed by atoms with Gasteiger partial charge >= 0.3 is 0 Å². The number of nitrogens with two attached hydrogens (primary N) is 1. The molecule has 0 spiro atoms. The maximum absolute atomic E-state index is 14.3. The number of nitrogen functional groups attached to an aromatic ring is 1. The minimum Gasteiger partial charge on any atom is -0.383 e. The van der Waals surface area contributed by atoms with Crippen molar-refractivity contribution in [3.8, 4) is 33.4 Å². The van der Waals surface area contributed by atoms with Crippen molar-refractivity contribution in [3.63, 3.8) is 0 Å². The van der Waals surface area contributed by atoms with E-state index in [2.05, 4.69) is 15.3 Å². The lowest BCUT2D eigenvalue weighted by Crippen LogP contribution is -2.26. The Labute approximate surface area is 254 Å². The average molecular weight is 590 g/mol. The van der Waals surface area contributed by atoms with Crippen molar-refractivity contribution in [2.75, 3.05) is 24.3 Å². The van der Waals surface area contributed by atoms with Gasteiger partial charge in [0.2, 0.25) is 5.43 Å². The number of hydrogen-bond acceptors (Lipinski definition) is 6. The maximum atomic E-state index is 14.3. The Kier molecular flexibility index (Phi) is 8.29. The van der Waals surface area contributed by atoms with Gasteiger partial charge in [0, 0.05) is 72.5 Å². The van der Waals surface area contributed by atoms with Crippen LogP contribution in [0.3, 0.4) is 0 Å². The largest absolute Gasteiger partial charge is 0.383 e. The third kappa shape index (κ3) is 6.28. The van der Waals surface area contributed by atoms with Gasteiger partial charge in [0.05, 0.1) is 6.20 Å². The summed E-state index contributed by atoms with van der Waals surface area (Å²) in [4.78, 5) is 35.2. The molecule has 1 aliphatic rings. The SMILES string of the molecule is Cc1ccc(-c2cn(CC3CCOCC3)cc(C(=O)Nc3ccc(-c4cc(-c5ccncc5F)cnc4N)cc3)c2=O)cc1. The summed E-state index contributed by atoms with van der Waals surface area (Å²) in [6.45, 7) is 4.11. The third-order valence-electron chi connectivity index (χ3n) is 7.95. The summed E-state index contributed by atoms with van der Waals surface area (Å²) in [6.07, 6.45) is 9.54. The van der Waals surface area contributed by atoms with E-state index in [1.54, 1.807) is 42.6 Å². The van der Waals surface area contributed by atoms with Crippen molar-refractivity contribution < 1.29 is 13.9 Å². The molecule has 3 N–H and O–H groups in total. The van der Waals surface area contributed by atoms with Gasteiger partial charge in [0.25, 0.3) is 5.91 Å². The van der Waals surface area contributed by atoms with E-state index in [4.69, 9.17) is 10.5 Å². The number of aryl methyl sites for hydroxylation is 1. The predicted molar refractivity (Wildman–Crippen MR) is 170 cm³/mol. The molecule has 6 rings (SSSR count). The first-order chi connectivity index (χ1) is 21.4. The Morgan fingerprint density at radius 1 is 0.955 bits per heavy atom. The van der Waals surface area contributed by atoms with Crippen LogP contribution in [0.5, 0.6) is 0 Å². The van der Waals surface area contributed by atoms with Gasteiger partial charge in [-0.2, -0.15) is 0 Å². The molecule has 0 atom stereocenters. The van der Waals surface area contributed by atoms with Gasteiger partial charge in [-0.25, -0.2) is 9.37 Å². The van der Waals surface area contributed by atoms with Crippen molar-refractivity contribution in [2.24, 2.45) is 5.92 Å². The normalized spacial score (nSPS) is 13.5. The van der Waals surface area contributed by atoms with Crippen LogP contribution in [0.25, 0.3) is 33.4 Å². The number of nitrogens with one attached hydrogen (secondary N) is 1. The number of nitrogens with zero attached hydrogens (tertiary/aromatic N) is 3. The number of halogens is 1. The van der Waals surface area contributed by atoms with E-state index in [-0.39, 0.29) is 16.8 Å². The number of ether oxygens (including phenoxy) is 1. The second-order valence-electron chi connectivity index (χ2n) is 11.1. The number of rotatable bonds is 7. The van der Waals surface area contributed by atoms with Crippen LogP contribution in [0, 0.1) is 18.7 Å². The summed E-state index contributed by atoms with van der Waals surface area (Å²) in [5.41, 5.74) is 11.1. The molecule has 222 valence electrons. The lowest BCUT2D eigenvalue weighted by Gasteiger charge is -2.23. The standard InChI is InChI=1S/C35H32FN5O3/c1-22-2-4-25(5-3-22)30-20-41(19-23-11-14-44-15-12-23)21-31(33(30)42)35(43)40-27-8-6-24(7-9-27)29-16-26(17-39-34(29)37)28-10-13-38-18-32(28)36/h2-10,13,16-18,20-21,23H,11-12,14-15,19H2,1H3,(H2,37,39)(H,40,43). The summed E-state index contributed by atoms with van der Waals surface area (Å²) in [7, 11) is 0. The molecule has 3 aromatic heterocycles. The van der Waals surface area contributed by atoms with E-state index < -0.39 is 11.7 Å². The molecule has 1 saturated heterocycles. The van der Waals surface area contributed by atoms with Gasteiger partial charge in [-0.15, -0.1) is 0 Å². The first kappa shape index (κ1) is 28.9. The van der Waals surface area contributed by atoms with E-state index in [0.29, 0.717) is 53.6 Å². The third-order valence-corrected chi connectivity index (χ3v) is 7.95. The number of aromatic nitrogens is 3. The molecular weight excluding hydrogens is 557 g/mol. The highest BCUT2D eigenvalue weighted by atomic mass is 19.1. The Balaban J connectivity index is 1.28. The quantitative estimate of drug-likeness (QED) is 0.229. The van der Waals surface area contributed by atoms with Crippen molar-refractivity contribution in [3.05, 3.63) is 119 Å². The zero-order valence-corrected chi connectivity index (χ0v) is 24.3. The van der Waals surface area contributed by atoms with Crippen LogP contribution in [0.4, 0.5) is 15.9 Å². The molecule has 4 heterocycles.